The summed E-state index contributed by atoms with van der Waals surface area (Å²) < 4.78 is 1.17. The van der Waals surface area contributed by atoms with E-state index in [1.807, 2.05) is 0 Å². The number of rotatable bonds is 5. The average molecular weight is 296 g/mol. The van der Waals surface area contributed by atoms with E-state index < -0.39 is 0 Å². The van der Waals surface area contributed by atoms with Gasteiger partial charge in [-0.1, -0.05) is 48.3 Å². The first-order chi connectivity index (χ1) is 8.12. The third-order valence-corrected chi connectivity index (χ3v) is 4.31. The molecule has 1 saturated carbocycles. The summed E-state index contributed by atoms with van der Waals surface area (Å²) in [6.45, 7) is 6.78. The molecule has 0 bridgehead atoms. The van der Waals surface area contributed by atoms with Crippen LogP contribution in [0.15, 0.2) is 28.7 Å². The van der Waals surface area contributed by atoms with Crippen molar-refractivity contribution in [2.45, 2.75) is 38.5 Å². The molecule has 1 aliphatic carbocycles. The number of benzene rings is 1. The van der Waals surface area contributed by atoms with Gasteiger partial charge in [0.05, 0.1) is 0 Å². The smallest absolute Gasteiger partial charge is 0.0175 e. The van der Waals surface area contributed by atoms with E-state index in [0.717, 1.165) is 19.0 Å². The van der Waals surface area contributed by atoms with Crippen LogP contribution < -0.4 is 5.32 Å². The number of nitrogens with one attached hydrogen (secondary N) is 1. The van der Waals surface area contributed by atoms with Crippen LogP contribution in [0.5, 0.6) is 0 Å². The van der Waals surface area contributed by atoms with Gasteiger partial charge in [0.15, 0.2) is 0 Å². The third-order valence-electron chi connectivity index (χ3n) is 3.78. The monoisotopic (exact) mass is 295 g/mol. The Morgan fingerprint density at radius 3 is 2.35 bits per heavy atom. The minimum Gasteiger partial charge on any atom is -0.316 e. The zero-order valence-corrected chi connectivity index (χ0v) is 12.4. The number of halogens is 1. The maximum atomic E-state index is 3.63. The Bertz CT molecular complexity index is 352. The predicted molar refractivity (Wildman–Crippen MR) is 77.4 cm³/mol. The first-order valence-corrected chi connectivity index (χ1v) is 7.38. The van der Waals surface area contributed by atoms with E-state index >= 15 is 0 Å². The molecule has 94 valence electrons. The van der Waals surface area contributed by atoms with Crippen LogP contribution in [0, 0.1) is 5.92 Å². The van der Waals surface area contributed by atoms with Gasteiger partial charge in [-0.25, -0.2) is 0 Å². The molecule has 0 spiro atoms. The van der Waals surface area contributed by atoms with Crippen LogP contribution in [0.4, 0.5) is 0 Å². The zero-order valence-electron chi connectivity index (χ0n) is 10.8. The molecule has 0 saturated heterocycles. The zero-order chi connectivity index (χ0) is 12.3. The molecular formula is C15H22BrN. The first-order valence-electron chi connectivity index (χ1n) is 6.59. The van der Waals surface area contributed by atoms with Crippen LogP contribution in [-0.2, 0) is 5.41 Å². The van der Waals surface area contributed by atoms with Gasteiger partial charge in [-0.3, -0.25) is 0 Å². The third kappa shape index (κ3) is 3.11. The van der Waals surface area contributed by atoms with Crippen molar-refractivity contribution in [1.29, 1.82) is 0 Å². The van der Waals surface area contributed by atoms with Gasteiger partial charge in [-0.15, -0.1) is 0 Å². The molecule has 1 aromatic carbocycles. The Balaban J connectivity index is 2.01. The van der Waals surface area contributed by atoms with Gasteiger partial charge in [-0.05, 0) is 43.0 Å². The Morgan fingerprint density at radius 2 is 1.88 bits per heavy atom. The lowest BCUT2D eigenvalue weighted by atomic mass is 9.64. The van der Waals surface area contributed by atoms with Crippen molar-refractivity contribution in [2.75, 3.05) is 13.1 Å². The highest BCUT2D eigenvalue weighted by Crippen LogP contribution is 2.43. The molecule has 1 aliphatic rings. The highest BCUT2D eigenvalue weighted by Gasteiger charge is 2.37. The molecule has 1 aromatic rings. The molecule has 0 amide bonds. The molecule has 1 N–H and O–H groups in total. The minimum atomic E-state index is 0.412. The van der Waals surface area contributed by atoms with Crippen LogP contribution in [0.1, 0.15) is 38.7 Å². The SMILES string of the molecule is CC(C)CNCC1(c2ccc(Br)cc2)CCC1. The lowest BCUT2D eigenvalue weighted by Crippen LogP contribution is -2.44. The first kappa shape index (κ1) is 13.1. The van der Waals surface area contributed by atoms with Gasteiger partial charge < -0.3 is 5.32 Å². The van der Waals surface area contributed by atoms with Crippen LogP contribution in [0.25, 0.3) is 0 Å². The van der Waals surface area contributed by atoms with Crippen molar-refractivity contribution in [3.8, 4) is 0 Å². The van der Waals surface area contributed by atoms with Crippen LogP contribution in [0.3, 0.4) is 0 Å². The molecule has 1 fully saturated rings. The largest absolute Gasteiger partial charge is 0.316 e. The Morgan fingerprint density at radius 1 is 1.24 bits per heavy atom. The summed E-state index contributed by atoms with van der Waals surface area (Å²) in [6, 6.07) is 8.89. The van der Waals surface area contributed by atoms with Crippen molar-refractivity contribution in [1.82, 2.24) is 5.32 Å². The van der Waals surface area contributed by atoms with E-state index in [4.69, 9.17) is 0 Å². The van der Waals surface area contributed by atoms with Crippen LogP contribution in [-0.4, -0.2) is 13.1 Å². The molecule has 0 atom stereocenters. The number of hydrogen-bond donors (Lipinski definition) is 1. The summed E-state index contributed by atoms with van der Waals surface area (Å²) in [7, 11) is 0. The van der Waals surface area contributed by atoms with E-state index in [1.165, 1.54) is 29.3 Å². The average Bonchev–Trinajstić information content (AvgIpc) is 2.23. The predicted octanol–water partition coefficient (Wildman–Crippen LogP) is 4.12. The fraction of sp³-hybridized carbons (Fsp3) is 0.600. The second-order valence-electron chi connectivity index (χ2n) is 5.67. The Kier molecular flexibility index (Phi) is 4.26. The van der Waals surface area contributed by atoms with Gasteiger partial charge in [0, 0.05) is 16.4 Å². The maximum absolute atomic E-state index is 3.63. The molecule has 17 heavy (non-hydrogen) atoms. The van der Waals surface area contributed by atoms with Crippen molar-refractivity contribution < 1.29 is 0 Å². The molecule has 0 aromatic heterocycles. The fourth-order valence-corrected chi connectivity index (χ4v) is 2.84. The van der Waals surface area contributed by atoms with Crippen LogP contribution >= 0.6 is 15.9 Å². The van der Waals surface area contributed by atoms with E-state index in [0.29, 0.717) is 5.41 Å². The van der Waals surface area contributed by atoms with E-state index in [2.05, 4.69) is 59.4 Å². The molecule has 2 rings (SSSR count). The van der Waals surface area contributed by atoms with Gasteiger partial charge >= 0.3 is 0 Å². The van der Waals surface area contributed by atoms with Crippen molar-refractivity contribution in [3.63, 3.8) is 0 Å². The fourth-order valence-electron chi connectivity index (χ4n) is 2.57. The van der Waals surface area contributed by atoms with Crippen LogP contribution in [0.2, 0.25) is 0 Å². The summed E-state index contributed by atoms with van der Waals surface area (Å²) in [5.74, 6) is 0.733. The molecule has 2 heteroatoms. The normalized spacial score (nSPS) is 18.1. The topological polar surface area (TPSA) is 12.0 Å². The highest BCUT2D eigenvalue weighted by atomic mass is 79.9. The standard InChI is InChI=1S/C15H22BrN/c1-12(2)10-17-11-15(8-3-9-15)13-4-6-14(16)7-5-13/h4-7,12,17H,3,8-11H2,1-2H3. The summed E-state index contributed by atoms with van der Waals surface area (Å²) in [5.41, 5.74) is 1.92. The Labute approximate surface area is 113 Å². The van der Waals surface area contributed by atoms with Crippen molar-refractivity contribution in [3.05, 3.63) is 34.3 Å². The van der Waals surface area contributed by atoms with Crippen molar-refractivity contribution >= 4 is 15.9 Å². The molecule has 0 heterocycles. The maximum Gasteiger partial charge on any atom is 0.0175 e. The van der Waals surface area contributed by atoms with Gasteiger partial charge in [0.1, 0.15) is 0 Å². The molecule has 0 radical (unpaired) electrons. The van der Waals surface area contributed by atoms with Gasteiger partial charge in [-0.2, -0.15) is 0 Å². The second kappa shape index (κ2) is 5.53. The van der Waals surface area contributed by atoms with E-state index in [-0.39, 0.29) is 0 Å². The second-order valence-corrected chi connectivity index (χ2v) is 6.58. The van der Waals surface area contributed by atoms with Gasteiger partial charge in [0.2, 0.25) is 0 Å². The highest BCUT2D eigenvalue weighted by molar-refractivity contribution is 9.10. The van der Waals surface area contributed by atoms with E-state index in [1.54, 1.807) is 0 Å². The summed E-state index contributed by atoms with van der Waals surface area (Å²) in [6.07, 6.45) is 4.04. The number of hydrogen-bond acceptors (Lipinski definition) is 1. The lowest BCUT2D eigenvalue weighted by Gasteiger charge is -2.43. The summed E-state index contributed by atoms with van der Waals surface area (Å²) >= 11 is 3.51. The quantitative estimate of drug-likeness (QED) is 0.862. The summed E-state index contributed by atoms with van der Waals surface area (Å²) in [5, 5.41) is 3.63. The minimum absolute atomic E-state index is 0.412. The molecule has 0 aliphatic heterocycles. The molecular weight excluding hydrogens is 274 g/mol. The van der Waals surface area contributed by atoms with Gasteiger partial charge in [0.25, 0.3) is 0 Å². The summed E-state index contributed by atoms with van der Waals surface area (Å²) in [4.78, 5) is 0. The lowest BCUT2D eigenvalue weighted by molar-refractivity contribution is 0.231. The Hall–Kier alpha value is -0.340. The van der Waals surface area contributed by atoms with E-state index in [9.17, 15) is 0 Å². The molecule has 1 nitrogen and oxygen atoms in total. The van der Waals surface area contributed by atoms with Crippen molar-refractivity contribution in [2.24, 2.45) is 5.92 Å². The molecule has 0 unspecified atom stereocenters.